The van der Waals surface area contributed by atoms with Crippen LogP contribution in [0.25, 0.3) is 6.08 Å². The quantitative estimate of drug-likeness (QED) is 0.261. The van der Waals surface area contributed by atoms with Crippen molar-refractivity contribution in [3.63, 3.8) is 0 Å². The van der Waals surface area contributed by atoms with Gasteiger partial charge < -0.3 is 26.4 Å². The maximum atomic E-state index is 13.7. The zero-order chi connectivity index (χ0) is 28.5. The lowest BCUT2D eigenvalue weighted by molar-refractivity contribution is -0.189. The van der Waals surface area contributed by atoms with E-state index in [1.54, 1.807) is 27.7 Å². The fourth-order valence-electron chi connectivity index (χ4n) is 6.19. The molecular formula is C27H30N2O9. The van der Waals surface area contributed by atoms with Crippen molar-refractivity contribution in [1.29, 1.82) is 0 Å². The Hall–Kier alpha value is -3.70. The Labute approximate surface area is 218 Å². The molecule has 2 fully saturated rings. The van der Waals surface area contributed by atoms with Gasteiger partial charge in [-0.1, -0.05) is 13.0 Å². The Morgan fingerprint density at radius 3 is 2.34 bits per heavy atom. The van der Waals surface area contributed by atoms with Gasteiger partial charge in [-0.3, -0.25) is 28.8 Å². The molecule has 0 heterocycles. The van der Waals surface area contributed by atoms with E-state index in [9.17, 15) is 44.1 Å². The molecule has 0 bridgehead atoms. The number of primary amides is 1. The Morgan fingerprint density at radius 2 is 1.76 bits per heavy atom. The molecule has 6 N–H and O–H groups in total. The molecule has 4 rings (SSSR count). The number of rotatable bonds is 3. The van der Waals surface area contributed by atoms with Gasteiger partial charge in [0.2, 0.25) is 11.8 Å². The summed E-state index contributed by atoms with van der Waals surface area (Å²) in [5, 5.41) is 36.0. The van der Waals surface area contributed by atoms with Gasteiger partial charge in [0.15, 0.2) is 34.7 Å². The van der Waals surface area contributed by atoms with Gasteiger partial charge >= 0.3 is 0 Å². The van der Waals surface area contributed by atoms with Crippen LogP contribution in [0.2, 0.25) is 0 Å². The van der Waals surface area contributed by atoms with Crippen molar-refractivity contribution in [2.24, 2.45) is 29.4 Å². The summed E-state index contributed by atoms with van der Waals surface area (Å²) < 4.78 is 0. The molecule has 2 unspecified atom stereocenters. The van der Waals surface area contributed by atoms with Crippen LogP contribution in [0, 0.1) is 23.7 Å². The number of benzene rings is 1. The van der Waals surface area contributed by atoms with Crippen LogP contribution in [0.3, 0.4) is 0 Å². The average Bonchev–Trinajstić information content (AvgIpc) is 2.79. The number of nitrogens with two attached hydrogens (primary N) is 1. The number of carbonyl (C=O) groups is 6. The average molecular weight is 527 g/mol. The summed E-state index contributed by atoms with van der Waals surface area (Å²) in [4.78, 5) is 77.0. The third-order valence-electron chi connectivity index (χ3n) is 7.78. The van der Waals surface area contributed by atoms with Gasteiger partial charge in [-0.05, 0) is 50.0 Å². The van der Waals surface area contributed by atoms with Gasteiger partial charge in [0.25, 0.3) is 0 Å². The number of phenols is 1. The van der Waals surface area contributed by atoms with Gasteiger partial charge in [-0.2, -0.15) is 0 Å². The highest BCUT2D eigenvalue weighted by atomic mass is 16.3. The summed E-state index contributed by atoms with van der Waals surface area (Å²) in [6.45, 7) is 7.01. The largest absolute Gasteiger partial charge is 0.507 e. The molecule has 1 aromatic rings. The SMILES string of the molecule is C[C@H]1c2c(C=CC(=O)NC(C)(C)C)ccc(O)c2C(=O)C2C(=O)[C@]3(O)C(=O)C(C(N)=O)C(=O)C[C@@H]3[C@@H](O)[C@@H]21. The second-order valence-electron chi connectivity index (χ2n) is 11.3. The van der Waals surface area contributed by atoms with E-state index in [4.69, 9.17) is 5.73 Å². The first-order valence-electron chi connectivity index (χ1n) is 12.2. The van der Waals surface area contributed by atoms with Crippen LogP contribution >= 0.6 is 0 Å². The molecule has 11 heteroatoms. The molecule has 3 aliphatic rings. The summed E-state index contributed by atoms with van der Waals surface area (Å²) in [5.74, 6) is -14.1. The van der Waals surface area contributed by atoms with Crippen molar-refractivity contribution in [2.75, 3.05) is 0 Å². The second-order valence-corrected chi connectivity index (χ2v) is 11.3. The molecule has 1 aromatic carbocycles. The van der Waals surface area contributed by atoms with Crippen molar-refractivity contribution in [3.05, 3.63) is 34.9 Å². The fraction of sp³-hybridized carbons (Fsp3) is 0.481. The zero-order valence-electron chi connectivity index (χ0n) is 21.3. The number of ketones is 4. The number of carbonyl (C=O) groups excluding carboxylic acids is 6. The van der Waals surface area contributed by atoms with E-state index < -0.39 is 94.0 Å². The van der Waals surface area contributed by atoms with Crippen LogP contribution in [0.15, 0.2) is 18.2 Å². The highest BCUT2D eigenvalue weighted by molar-refractivity contribution is 6.31. The number of nitrogens with one attached hydrogen (secondary N) is 1. The molecule has 7 atom stereocenters. The van der Waals surface area contributed by atoms with E-state index >= 15 is 0 Å². The number of amides is 2. The van der Waals surface area contributed by atoms with Gasteiger partial charge in [-0.15, -0.1) is 0 Å². The molecule has 38 heavy (non-hydrogen) atoms. The van der Waals surface area contributed by atoms with Gasteiger partial charge in [0.1, 0.15) is 5.75 Å². The molecule has 202 valence electrons. The number of aromatic hydroxyl groups is 1. The molecule has 0 spiro atoms. The molecule has 0 aromatic heterocycles. The number of fused-ring (bicyclic) bond motifs is 3. The van der Waals surface area contributed by atoms with Crippen LogP contribution in [-0.2, 0) is 24.0 Å². The fourth-order valence-corrected chi connectivity index (χ4v) is 6.19. The Kier molecular flexibility index (Phi) is 6.44. The monoisotopic (exact) mass is 526 g/mol. The van der Waals surface area contributed by atoms with E-state index in [1.807, 2.05) is 0 Å². The third kappa shape index (κ3) is 3.97. The second kappa shape index (κ2) is 8.95. The molecule has 3 aliphatic carbocycles. The number of hydrogen-bond acceptors (Lipinski definition) is 9. The summed E-state index contributed by atoms with van der Waals surface area (Å²) in [6, 6.07) is 2.71. The van der Waals surface area contributed by atoms with Crippen molar-refractivity contribution < 1.29 is 44.1 Å². The summed E-state index contributed by atoms with van der Waals surface area (Å²) in [7, 11) is 0. The van der Waals surface area contributed by atoms with E-state index in [-0.39, 0.29) is 11.1 Å². The van der Waals surface area contributed by atoms with Crippen LogP contribution < -0.4 is 11.1 Å². The predicted molar refractivity (Wildman–Crippen MR) is 132 cm³/mol. The number of hydrogen-bond donors (Lipinski definition) is 5. The molecule has 11 nitrogen and oxygen atoms in total. The van der Waals surface area contributed by atoms with Crippen molar-refractivity contribution in [2.45, 2.75) is 57.3 Å². The lowest BCUT2D eigenvalue weighted by atomic mass is 9.50. The highest BCUT2D eigenvalue weighted by Gasteiger charge is 2.69. The summed E-state index contributed by atoms with van der Waals surface area (Å²) in [6.07, 6.45) is 0.367. The number of Topliss-reactive ketones (excluding diaryl/α,β-unsaturated/α-hetero) is 4. The molecule has 2 saturated carbocycles. The zero-order valence-corrected chi connectivity index (χ0v) is 21.3. The smallest absolute Gasteiger partial charge is 0.244 e. The maximum Gasteiger partial charge on any atom is 0.244 e. The van der Waals surface area contributed by atoms with Gasteiger partial charge in [0, 0.05) is 29.9 Å². The minimum Gasteiger partial charge on any atom is -0.507 e. The van der Waals surface area contributed by atoms with E-state index in [1.165, 1.54) is 24.3 Å². The minimum atomic E-state index is -2.97. The van der Waals surface area contributed by atoms with E-state index in [0.717, 1.165) is 0 Å². The van der Waals surface area contributed by atoms with Crippen molar-refractivity contribution >= 4 is 41.0 Å². The third-order valence-corrected chi connectivity index (χ3v) is 7.78. The topological polar surface area (TPSA) is 201 Å². The van der Waals surface area contributed by atoms with Crippen molar-refractivity contribution in [1.82, 2.24) is 5.32 Å². The molecule has 0 aliphatic heterocycles. The van der Waals surface area contributed by atoms with Crippen LogP contribution in [-0.4, -0.2) is 67.5 Å². The van der Waals surface area contributed by atoms with Gasteiger partial charge in [0.05, 0.1) is 17.6 Å². The molecule has 0 radical (unpaired) electrons. The van der Waals surface area contributed by atoms with E-state index in [0.29, 0.717) is 5.56 Å². The first-order valence-corrected chi connectivity index (χ1v) is 12.2. The highest BCUT2D eigenvalue weighted by Crippen LogP contribution is 2.54. The first-order chi connectivity index (χ1) is 17.5. The van der Waals surface area contributed by atoms with Crippen LogP contribution in [0.4, 0.5) is 0 Å². The summed E-state index contributed by atoms with van der Waals surface area (Å²) in [5.41, 5.74) is 2.12. The standard InChI is InChI=1S/C27H30N2O9/c1-10-16-11(6-8-15(32)29-26(2,3)4)5-7-13(30)18(16)22(34)20-17(10)21(33)12-9-14(31)19(25(28)37)23(35)27(12,38)24(20)36/h5-8,10,12,17,19-21,30,33,38H,9H2,1-4H3,(H2,28,37)(H,29,32)/t10-,12+,17+,19?,20?,21+,27+/m0/s1. The number of phenolic OH excluding ortho intramolecular Hbond substituents is 1. The maximum absolute atomic E-state index is 13.7. The summed E-state index contributed by atoms with van der Waals surface area (Å²) >= 11 is 0. The first kappa shape index (κ1) is 27.3. The Balaban J connectivity index is 1.83. The minimum absolute atomic E-state index is 0.231. The predicted octanol–water partition coefficient (Wildman–Crippen LogP) is -0.213. The normalized spacial score (nSPS) is 33.0. The van der Waals surface area contributed by atoms with Crippen LogP contribution in [0.5, 0.6) is 5.75 Å². The number of aliphatic hydroxyl groups excluding tert-OH is 1. The van der Waals surface area contributed by atoms with Gasteiger partial charge in [-0.25, -0.2) is 0 Å². The Bertz CT molecular complexity index is 1320. The van der Waals surface area contributed by atoms with E-state index in [2.05, 4.69) is 5.32 Å². The lowest BCUT2D eigenvalue weighted by Crippen LogP contribution is -2.72. The van der Waals surface area contributed by atoms with Crippen molar-refractivity contribution in [3.8, 4) is 5.75 Å². The molecular weight excluding hydrogens is 496 g/mol. The molecule has 2 amide bonds. The molecule has 0 saturated heterocycles. The number of aliphatic hydroxyl groups is 2. The lowest BCUT2D eigenvalue weighted by Gasteiger charge is -2.53. The Morgan fingerprint density at radius 1 is 1.13 bits per heavy atom. The van der Waals surface area contributed by atoms with Crippen LogP contribution in [0.1, 0.15) is 61.5 Å².